The molecule has 6 heteroatoms. The van der Waals surface area contributed by atoms with Crippen molar-refractivity contribution in [1.82, 2.24) is 15.2 Å². The van der Waals surface area contributed by atoms with Crippen LogP contribution in [0.15, 0.2) is 23.5 Å². The molecule has 0 fully saturated rings. The van der Waals surface area contributed by atoms with Gasteiger partial charge in [-0.25, -0.2) is 0 Å². The molecule has 1 rings (SSSR count). The Kier molecular flexibility index (Phi) is 6.10. The second-order valence-corrected chi connectivity index (χ2v) is 4.33. The predicted octanol–water partition coefficient (Wildman–Crippen LogP) is 0.217. The molecule has 4 N–H and O–H groups in total. The fraction of sp³-hybridized carbons (Fsp3) is 0.500. The molecule has 1 aromatic heterocycles. The highest BCUT2D eigenvalue weighted by molar-refractivity contribution is 5.96. The second kappa shape index (κ2) is 7.62. The molecule has 1 heterocycles. The first-order valence-electron chi connectivity index (χ1n) is 5.92. The first-order valence-corrected chi connectivity index (χ1v) is 5.92. The molecule has 100 valence electrons. The van der Waals surface area contributed by atoms with Gasteiger partial charge in [0.25, 0.3) is 0 Å². The summed E-state index contributed by atoms with van der Waals surface area (Å²) in [6.07, 6.45) is 2.70. The van der Waals surface area contributed by atoms with Crippen LogP contribution >= 0.6 is 0 Å². The molecule has 0 radical (unpaired) electrons. The van der Waals surface area contributed by atoms with Gasteiger partial charge in [-0.05, 0) is 45.2 Å². The van der Waals surface area contributed by atoms with Gasteiger partial charge >= 0.3 is 0 Å². The molecular weight excluding hydrogens is 230 g/mol. The van der Waals surface area contributed by atoms with Crippen LogP contribution in [0.25, 0.3) is 0 Å². The van der Waals surface area contributed by atoms with Crippen molar-refractivity contribution in [3.8, 4) is 0 Å². The second-order valence-electron chi connectivity index (χ2n) is 4.33. The molecule has 0 bridgehead atoms. The lowest BCUT2D eigenvalue weighted by atomic mass is 10.2. The summed E-state index contributed by atoms with van der Waals surface area (Å²) in [6, 6.07) is 3.75. The van der Waals surface area contributed by atoms with E-state index < -0.39 is 0 Å². The van der Waals surface area contributed by atoms with Crippen LogP contribution in [0, 0.1) is 0 Å². The summed E-state index contributed by atoms with van der Waals surface area (Å²) in [6.45, 7) is 2.63. The minimum Gasteiger partial charge on any atom is -0.409 e. The fourth-order valence-corrected chi connectivity index (χ4v) is 1.60. The van der Waals surface area contributed by atoms with Crippen LogP contribution in [0.1, 0.15) is 17.7 Å². The van der Waals surface area contributed by atoms with E-state index in [0.717, 1.165) is 25.1 Å². The average molecular weight is 251 g/mol. The van der Waals surface area contributed by atoms with Crippen LogP contribution in [-0.4, -0.2) is 48.1 Å². The third-order valence-electron chi connectivity index (χ3n) is 2.52. The van der Waals surface area contributed by atoms with Gasteiger partial charge in [0.1, 0.15) is 5.69 Å². The Hall–Kier alpha value is -1.66. The number of hydrogen-bond acceptors (Lipinski definition) is 5. The average Bonchev–Trinajstić information content (AvgIpc) is 2.37. The van der Waals surface area contributed by atoms with Crippen LogP contribution in [0.3, 0.4) is 0 Å². The van der Waals surface area contributed by atoms with E-state index in [1.807, 2.05) is 12.1 Å². The number of hydrogen-bond donors (Lipinski definition) is 3. The smallest absolute Gasteiger partial charge is 0.189 e. The summed E-state index contributed by atoms with van der Waals surface area (Å²) in [5, 5.41) is 15.0. The van der Waals surface area contributed by atoms with E-state index in [4.69, 9.17) is 10.9 Å². The van der Waals surface area contributed by atoms with E-state index in [1.165, 1.54) is 0 Å². The molecule has 0 saturated carbocycles. The standard InChI is InChI=1S/C12H21N5O/c1-17(2)8-4-6-14-9-10-5-3-7-15-11(10)12(13)16-18/h3,5,7,14,18H,4,6,8-9H2,1-2H3,(H2,13,16). The minimum absolute atomic E-state index is 0.0423. The number of amidine groups is 1. The Morgan fingerprint density at radius 3 is 3.00 bits per heavy atom. The third kappa shape index (κ3) is 4.68. The minimum atomic E-state index is 0.0423. The summed E-state index contributed by atoms with van der Waals surface area (Å²) in [4.78, 5) is 6.26. The molecule has 0 aromatic carbocycles. The van der Waals surface area contributed by atoms with E-state index >= 15 is 0 Å². The van der Waals surface area contributed by atoms with Crippen molar-refractivity contribution in [2.45, 2.75) is 13.0 Å². The zero-order chi connectivity index (χ0) is 13.4. The number of rotatable bonds is 7. The van der Waals surface area contributed by atoms with E-state index in [0.29, 0.717) is 12.2 Å². The van der Waals surface area contributed by atoms with Crippen LogP contribution in [0.2, 0.25) is 0 Å². The van der Waals surface area contributed by atoms with Crippen LogP contribution in [-0.2, 0) is 6.54 Å². The normalized spacial score (nSPS) is 12.1. The maximum atomic E-state index is 8.68. The molecule has 0 amide bonds. The van der Waals surface area contributed by atoms with Crippen molar-refractivity contribution in [3.63, 3.8) is 0 Å². The van der Waals surface area contributed by atoms with Crippen molar-refractivity contribution in [2.24, 2.45) is 10.9 Å². The topological polar surface area (TPSA) is 86.8 Å². The Morgan fingerprint density at radius 2 is 2.33 bits per heavy atom. The molecule has 0 spiro atoms. The van der Waals surface area contributed by atoms with Gasteiger partial charge in [-0.1, -0.05) is 11.2 Å². The molecule has 0 aliphatic rings. The van der Waals surface area contributed by atoms with Gasteiger partial charge in [-0.15, -0.1) is 0 Å². The summed E-state index contributed by atoms with van der Waals surface area (Å²) in [5.41, 5.74) is 7.02. The zero-order valence-electron chi connectivity index (χ0n) is 10.9. The maximum absolute atomic E-state index is 8.68. The summed E-state index contributed by atoms with van der Waals surface area (Å²) >= 11 is 0. The number of oxime groups is 1. The van der Waals surface area contributed by atoms with E-state index in [9.17, 15) is 0 Å². The molecular formula is C12H21N5O. The molecule has 0 saturated heterocycles. The van der Waals surface area contributed by atoms with Gasteiger partial charge in [0.15, 0.2) is 5.84 Å². The van der Waals surface area contributed by atoms with Gasteiger partial charge in [0.2, 0.25) is 0 Å². The van der Waals surface area contributed by atoms with Gasteiger partial charge in [-0.3, -0.25) is 4.98 Å². The molecule has 1 aromatic rings. The van der Waals surface area contributed by atoms with Gasteiger partial charge in [0.05, 0.1) is 0 Å². The highest BCUT2D eigenvalue weighted by Crippen LogP contribution is 2.04. The summed E-state index contributed by atoms with van der Waals surface area (Å²) < 4.78 is 0. The van der Waals surface area contributed by atoms with Crippen LogP contribution < -0.4 is 11.1 Å². The van der Waals surface area contributed by atoms with E-state index in [-0.39, 0.29) is 5.84 Å². The number of nitrogens with zero attached hydrogens (tertiary/aromatic N) is 3. The number of nitrogens with two attached hydrogens (primary N) is 1. The van der Waals surface area contributed by atoms with Gasteiger partial charge in [-0.2, -0.15) is 0 Å². The molecule has 0 atom stereocenters. The van der Waals surface area contributed by atoms with Crippen molar-refractivity contribution in [2.75, 3.05) is 27.2 Å². The van der Waals surface area contributed by atoms with Crippen LogP contribution in [0.5, 0.6) is 0 Å². The van der Waals surface area contributed by atoms with Crippen LogP contribution in [0.4, 0.5) is 0 Å². The fourth-order valence-electron chi connectivity index (χ4n) is 1.60. The SMILES string of the molecule is CN(C)CCCNCc1cccnc1C(N)=NO. The number of pyridine rings is 1. The van der Waals surface area contributed by atoms with Gasteiger partial charge in [0, 0.05) is 12.7 Å². The van der Waals surface area contributed by atoms with E-state index in [1.54, 1.807) is 6.20 Å². The highest BCUT2D eigenvalue weighted by Gasteiger charge is 2.07. The van der Waals surface area contributed by atoms with Crippen molar-refractivity contribution < 1.29 is 5.21 Å². The lowest BCUT2D eigenvalue weighted by Crippen LogP contribution is -2.23. The zero-order valence-corrected chi connectivity index (χ0v) is 10.9. The summed E-state index contributed by atoms with van der Waals surface area (Å²) in [5.74, 6) is 0.0423. The largest absolute Gasteiger partial charge is 0.409 e. The first-order chi connectivity index (χ1) is 8.65. The number of nitrogens with one attached hydrogen (secondary N) is 1. The van der Waals surface area contributed by atoms with E-state index in [2.05, 4.69) is 34.5 Å². The first kappa shape index (κ1) is 14.4. The highest BCUT2D eigenvalue weighted by atomic mass is 16.4. The van der Waals surface area contributed by atoms with Crippen molar-refractivity contribution >= 4 is 5.84 Å². The van der Waals surface area contributed by atoms with Gasteiger partial charge < -0.3 is 21.2 Å². The Bertz CT molecular complexity index is 392. The maximum Gasteiger partial charge on any atom is 0.189 e. The molecule has 0 aliphatic heterocycles. The lowest BCUT2D eigenvalue weighted by molar-refractivity contribution is 0.318. The monoisotopic (exact) mass is 251 g/mol. The predicted molar refractivity (Wildman–Crippen MR) is 71.6 cm³/mol. The number of aromatic nitrogens is 1. The third-order valence-corrected chi connectivity index (χ3v) is 2.52. The molecule has 6 nitrogen and oxygen atoms in total. The summed E-state index contributed by atoms with van der Waals surface area (Å²) in [7, 11) is 4.11. The van der Waals surface area contributed by atoms with Crippen molar-refractivity contribution in [3.05, 3.63) is 29.6 Å². The molecule has 0 aliphatic carbocycles. The Labute approximate surface area is 107 Å². The lowest BCUT2D eigenvalue weighted by Gasteiger charge is -2.11. The quantitative estimate of drug-likeness (QED) is 0.212. The molecule has 18 heavy (non-hydrogen) atoms. The Morgan fingerprint density at radius 1 is 1.56 bits per heavy atom. The Balaban J connectivity index is 2.47. The molecule has 0 unspecified atom stereocenters. The van der Waals surface area contributed by atoms with Crippen molar-refractivity contribution in [1.29, 1.82) is 0 Å².